The van der Waals surface area contributed by atoms with Crippen molar-refractivity contribution in [3.63, 3.8) is 0 Å². The van der Waals surface area contributed by atoms with Crippen LogP contribution in [0, 0.1) is 10.1 Å². The zero-order chi connectivity index (χ0) is 22.0. The van der Waals surface area contributed by atoms with Gasteiger partial charge in [-0.25, -0.2) is 5.43 Å². The van der Waals surface area contributed by atoms with Crippen molar-refractivity contribution in [2.75, 3.05) is 0 Å². The van der Waals surface area contributed by atoms with Gasteiger partial charge < -0.3 is 5.11 Å². The number of hydrogen-bond donors (Lipinski definition) is 2. The number of nitro benzene ring substituents is 1. The van der Waals surface area contributed by atoms with E-state index < -0.39 is 10.8 Å². The topological polar surface area (TPSA) is 105 Å². The molecule has 0 radical (unpaired) electrons. The molecule has 2 rings (SSSR count). The van der Waals surface area contributed by atoms with Gasteiger partial charge in [-0.2, -0.15) is 5.10 Å². The van der Waals surface area contributed by atoms with Gasteiger partial charge in [-0.1, -0.05) is 47.6 Å². The van der Waals surface area contributed by atoms with E-state index in [-0.39, 0.29) is 27.8 Å². The van der Waals surface area contributed by atoms with Crippen LogP contribution in [0.25, 0.3) is 0 Å². The van der Waals surface area contributed by atoms with Gasteiger partial charge in [0.25, 0.3) is 11.6 Å². The SMILES string of the molecule is CC(C)(C)c1cc(/C=N/NC(=O)c2cccc([N+](=O)[O-])c2)cc(C(C)(C)C)c1O. The van der Waals surface area contributed by atoms with E-state index in [1.54, 1.807) is 0 Å². The average Bonchev–Trinajstić information content (AvgIpc) is 2.60. The first-order valence-electron chi connectivity index (χ1n) is 9.26. The third kappa shape index (κ3) is 5.40. The lowest BCUT2D eigenvalue weighted by atomic mass is 9.78. The summed E-state index contributed by atoms with van der Waals surface area (Å²) in [6, 6.07) is 9.12. The minimum Gasteiger partial charge on any atom is -0.507 e. The number of nitro groups is 1. The lowest BCUT2D eigenvalue weighted by Crippen LogP contribution is -2.19. The molecule has 154 valence electrons. The Morgan fingerprint density at radius 1 is 1.07 bits per heavy atom. The number of phenolic OH excluding ortho intramolecular Hbond substituents is 1. The van der Waals surface area contributed by atoms with Crippen LogP contribution in [-0.4, -0.2) is 22.2 Å². The second kappa shape index (κ2) is 8.03. The standard InChI is InChI=1S/C22H27N3O4/c1-21(2,3)17-10-14(11-18(19(17)26)22(4,5)6)13-23-24-20(27)15-8-7-9-16(12-15)25(28)29/h7-13,26H,1-6H3,(H,24,27)/b23-13+. The van der Waals surface area contributed by atoms with Crippen LogP contribution in [-0.2, 0) is 10.8 Å². The fourth-order valence-corrected chi connectivity index (χ4v) is 2.87. The summed E-state index contributed by atoms with van der Waals surface area (Å²) >= 11 is 0. The normalized spacial score (nSPS) is 12.2. The summed E-state index contributed by atoms with van der Waals surface area (Å²) in [5, 5.41) is 25.6. The largest absolute Gasteiger partial charge is 0.507 e. The Morgan fingerprint density at radius 2 is 1.62 bits per heavy atom. The predicted molar refractivity (Wildman–Crippen MR) is 114 cm³/mol. The number of nitrogens with zero attached hydrogens (tertiary/aromatic N) is 2. The molecule has 0 bridgehead atoms. The number of aromatic hydroxyl groups is 1. The van der Waals surface area contributed by atoms with E-state index in [9.17, 15) is 20.0 Å². The Balaban J connectivity index is 2.31. The molecule has 2 N–H and O–H groups in total. The number of hydrazone groups is 1. The summed E-state index contributed by atoms with van der Waals surface area (Å²) in [4.78, 5) is 22.5. The van der Waals surface area contributed by atoms with E-state index in [4.69, 9.17) is 0 Å². The van der Waals surface area contributed by atoms with Gasteiger partial charge in [0.2, 0.25) is 0 Å². The Hall–Kier alpha value is -3.22. The summed E-state index contributed by atoms with van der Waals surface area (Å²) in [5.41, 5.74) is 4.13. The van der Waals surface area contributed by atoms with Crippen LogP contribution in [0.2, 0.25) is 0 Å². The van der Waals surface area contributed by atoms with E-state index in [1.165, 1.54) is 30.5 Å². The molecule has 29 heavy (non-hydrogen) atoms. The van der Waals surface area contributed by atoms with E-state index in [1.807, 2.05) is 53.7 Å². The Kier molecular flexibility index (Phi) is 6.11. The second-order valence-electron chi connectivity index (χ2n) is 8.97. The molecule has 0 fully saturated rings. The molecular weight excluding hydrogens is 370 g/mol. The molecule has 0 atom stereocenters. The third-order valence-electron chi connectivity index (χ3n) is 4.45. The molecule has 0 saturated carbocycles. The van der Waals surface area contributed by atoms with Gasteiger partial charge in [-0.15, -0.1) is 0 Å². The molecule has 0 saturated heterocycles. The summed E-state index contributed by atoms with van der Waals surface area (Å²) in [6.45, 7) is 12.1. The lowest BCUT2D eigenvalue weighted by molar-refractivity contribution is -0.384. The van der Waals surface area contributed by atoms with E-state index in [0.717, 1.165) is 16.7 Å². The molecule has 2 aromatic carbocycles. The predicted octanol–water partition coefficient (Wildman–Crippen LogP) is 4.66. The summed E-state index contributed by atoms with van der Waals surface area (Å²) in [6.07, 6.45) is 1.50. The van der Waals surface area contributed by atoms with Crippen molar-refractivity contribution >= 4 is 17.8 Å². The number of rotatable bonds is 4. The van der Waals surface area contributed by atoms with E-state index >= 15 is 0 Å². The maximum absolute atomic E-state index is 12.2. The van der Waals surface area contributed by atoms with Crippen molar-refractivity contribution in [1.82, 2.24) is 5.43 Å². The average molecular weight is 397 g/mol. The van der Waals surface area contributed by atoms with E-state index in [2.05, 4.69) is 10.5 Å². The minimum absolute atomic E-state index is 0.146. The van der Waals surface area contributed by atoms with Crippen LogP contribution in [0.5, 0.6) is 5.75 Å². The Labute approximate surface area is 170 Å². The fourth-order valence-electron chi connectivity index (χ4n) is 2.87. The highest BCUT2D eigenvalue weighted by atomic mass is 16.6. The number of benzene rings is 2. The molecular formula is C22H27N3O4. The molecule has 0 heterocycles. The van der Waals surface area contributed by atoms with Crippen LogP contribution in [0.3, 0.4) is 0 Å². The smallest absolute Gasteiger partial charge is 0.271 e. The van der Waals surface area contributed by atoms with Gasteiger partial charge in [0.15, 0.2) is 0 Å². The molecule has 0 aliphatic heterocycles. The number of phenols is 1. The number of carbonyl (C=O) groups is 1. The zero-order valence-corrected chi connectivity index (χ0v) is 17.6. The number of non-ortho nitro benzene ring substituents is 1. The Bertz CT molecular complexity index is 932. The zero-order valence-electron chi connectivity index (χ0n) is 17.6. The van der Waals surface area contributed by atoms with Gasteiger partial charge in [0.05, 0.1) is 11.1 Å². The van der Waals surface area contributed by atoms with E-state index in [0.29, 0.717) is 0 Å². The molecule has 1 amide bonds. The van der Waals surface area contributed by atoms with Crippen molar-refractivity contribution in [2.24, 2.45) is 5.10 Å². The molecule has 0 aromatic heterocycles. The first-order valence-corrected chi connectivity index (χ1v) is 9.26. The summed E-state index contributed by atoms with van der Waals surface area (Å²) in [5.74, 6) is -0.279. The fraction of sp³-hybridized carbons (Fsp3) is 0.364. The maximum Gasteiger partial charge on any atom is 0.271 e. The summed E-state index contributed by atoms with van der Waals surface area (Å²) in [7, 11) is 0. The molecule has 7 nitrogen and oxygen atoms in total. The number of carbonyl (C=O) groups excluding carboxylic acids is 1. The maximum atomic E-state index is 12.2. The highest BCUT2D eigenvalue weighted by Gasteiger charge is 2.26. The van der Waals surface area contributed by atoms with Gasteiger partial charge in [0, 0.05) is 28.8 Å². The van der Waals surface area contributed by atoms with Crippen molar-refractivity contribution in [3.8, 4) is 5.75 Å². The van der Waals surface area contributed by atoms with Gasteiger partial charge >= 0.3 is 0 Å². The summed E-state index contributed by atoms with van der Waals surface area (Å²) < 4.78 is 0. The van der Waals surface area contributed by atoms with Crippen LogP contribution >= 0.6 is 0 Å². The lowest BCUT2D eigenvalue weighted by Gasteiger charge is -2.27. The van der Waals surface area contributed by atoms with Crippen molar-refractivity contribution < 1.29 is 14.8 Å². The van der Waals surface area contributed by atoms with Crippen molar-refractivity contribution in [2.45, 2.75) is 52.4 Å². The molecule has 0 aliphatic carbocycles. The highest BCUT2D eigenvalue weighted by molar-refractivity contribution is 5.95. The van der Waals surface area contributed by atoms with Crippen LogP contribution in [0.1, 0.15) is 68.6 Å². The third-order valence-corrected chi connectivity index (χ3v) is 4.45. The van der Waals surface area contributed by atoms with Crippen LogP contribution in [0.4, 0.5) is 5.69 Å². The van der Waals surface area contributed by atoms with Crippen LogP contribution in [0.15, 0.2) is 41.5 Å². The van der Waals surface area contributed by atoms with Gasteiger partial charge in [-0.3, -0.25) is 14.9 Å². The quantitative estimate of drug-likeness (QED) is 0.445. The minimum atomic E-state index is -0.557. The highest BCUT2D eigenvalue weighted by Crippen LogP contribution is 2.39. The molecule has 0 unspecified atom stereocenters. The second-order valence-corrected chi connectivity index (χ2v) is 8.97. The van der Waals surface area contributed by atoms with Crippen LogP contribution < -0.4 is 5.43 Å². The molecule has 0 aliphatic rings. The monoisotopic (exact) mass is 397 g/mol. The van der Waals surface area contributed by atoms with Crippen molar-refractivity contribution in [1.29, 1.82) is 0 Å². The molecule has 0 spiro atoms. The molecule has 7 heteroatoms. The number of amides is 1. The molecule has 2 aromatic rings. The first kappa shape index (κ1) is 22.1. The van der Waals surface area contributed by atoms with Gasteiger partial charge in [-0.05, 0) is 34.6 Å². The van der Waals surface area contributed by atoms with Gasteiger partial charge in [0.1, 0.15) is 5.75 Å². The number of hydrogen-bond acceptors (Lipinski definition) is 5. The van der Waals surface area contributed by atoms with Crippen molar-refractivity contribution in [3.05, 3.63) is 68.8 Å². The first-order chi connectivity index (χ1) is 13.3. The number of nitrogens with one attached hydrogen (secondary N) is 1. The Morgan fingerprint density at radius 3 is 2.10 bits per heavy atom.